The van der Waals surface area contributed by atoms with Crippen molar-refractivity contribution in [1.82, 2.24) is 9.80 Å². The molecule has 0 aromatic heterocycles. The van der Waals surface area contributed by atoms with Gasteiger partial charge in [-0.2, -0.15) is 10.2 Å². The first kappa shape index (κ1) is 26.8. The Morgan fingerprint density at radius 2 is 1.79 bits per heavy atom. The van der Waals surface area contributed by atoms with Crippen LogP contribution < -0.4 is 4.31 Å². The molecule has 0 unspecified atom stereocenters. The fourth-order valence-corrected chi connectivity index (χ4v) is 6.98. The molecule has 2 aromatic carbocycles. The molecule has 9 heteroatoms. The van der Waals surface area contributed by atoms with Gasteiger partial charge < -0.3 is 9.21 Å². The zero-order valence-corrected chi connectivity index (χ0v) is 23.6. The second-order valence-corrected chi connectivity index (χ2v) is 12.7. The third kappa shape index (κ3) is 6.34. The van der Waals surface area contributed by atoms with E-state index < -0.39 is 6.43 Å². The maximum Gasteiger partial charge on any atom is 0.278 e. The molecule has 2 aromatic rings. The SMILES string of the molecule is C=C(C1CC1)N1CC(N2CCC(SN(Cc3ccc(C4=NN=C(C(F)F)C4)cc3)c3cccc(Cl)c3)CC2)C1. The van der Waals surface area contributed by atoms with Crippen molar-refractivity contribution < 1.29 is 8.78 Å². The highest BCUT2D eigenvalue weighted by Gasteiger charge is 2.38. The minimum Gasteiger partial charge on any atom is -0.372 e. The van der Waals surface area contributed by atoms with E-state index in [1.165, 1.54) is 18.5 Å². The molecule has 0 atom stereocenters. The lowest BCUT2D eigenvalue weighted by atomic mass is 10.0. The number of alkyl halides is 2. The third-order valence-electron chi connectivity index (χ3n) is 8.20. The number of piperidine rings is 1. The number of hydrogen-bond donors (Lipinski definition) is 0. The van der Waals surface area contributed by atoms with Crippen LogP contribution in [0.1, 0.15) is 43.2 Å². The Kier molecular flexibility index (Phi) is 7.96. The van der Waals surface area contributed by atoms with Crippen molar-refractivity contribution >= 4 is 40.7 Å². The lowest BCUT2D eigenvalue weighted by Crippen LogP contribution is -2.60. The Morgan fingerprint density at radius 3 is 2.44 bits per heavy atom. The van der Waals surface area contributed by atoms with Crippen LogP contribution >= 0.6 is 23.5 Å². The predicted octanol–water partition coefficient (Wildman–Crippen LogP) is 6.88. The van der Waals surface area contributed by atoms with Gasteiger partial charge >= 0.3 is 0 Å². The van der Waals surface area contributed by atoms with Gasteiger partial charge in [0, 0.05) is 47.2 Å². The molecule has 1 saturated carbocycles. The zero-order chi connectivity index (χ0) is 26.9. The lowest BCUT2D eigenvalue weighted by molar-refractivity contribution is 0.0429. The molecule has 4 aliphatic rings. The number of benzene rings is 2. The molecular weight excluding hydrogens is 536 g/mol. The summed E-state index contributed by atoms with van der Waals surface area (Å²) in [4.78, 5) is 5.16. The molecule has 0 spiro atoms. The first-order valence-electron chi connectivity index (χ1n) is 13.8. The van der Waals surface area contributed by atoms with Crippen LogP contribution in [0.15, 0.2) is 71.0 Å². The highest BCUT2D eigenvalue weighted by molar-refractivity contribution is 8.01. The van der Waals surface area contributed by atoms with E-state index in [1.807, 2.05) is 42.3 Å². The average molecular weight is 570 g/mol. The van der Waals surface area contributed by atoms with Gasteiger partial charge in [-0.15, -0.1) is 0 Å². The monoisotopic (exact) mass is 569 g/mol. The second kappa shape index (κ2) is 11.6. The molecule has 3 aliphatic heterocycles. The molecular formula is C30H34ClF2N5S. The minimum atomic E-state index is -2.56. The Bertz CT molecular complexity index is 1250. The van der Waals surface area contributed by atoms with E-state index in [0.29, 0.717) is 17.0 Å². The van der Waals surface area contributed by atoms with E-state index in [1.54, 1.807) is 0 Å². The van der Waals surface area contributed by atoms with Gasteiger partial charge in [0.1, 0.15) is 5.71 Å². The summed E-state index contributed by atoms with van der Waals surface area (Å²) < 4.78 is 28.2. The lowest BCUT2D eigenvalue weighted by Gasteiger charge is -2.49. The Labute approximate surface area is 238 Å². The summed E-state index contributed by atoms with van der Waals surface area (Å²) in [5.41, 5.74) is 4.86. The van der Waals surface area contributed by atoms with Gasteiger partial charge in [0.05, 0.1) is 12.3 Å². The van der Waals surface area contributed by atoms with Crippen molar-refractivity contribution in [3.05, 3.63) is 77.0 Å². The molecule has 39 heavy (non-hydrogen) atoms. The van der Waals surface area contributed by atoms with Crippen LogP contribution in [0.5, 0.6) is 0 Å². The van der Waals surface area contributed by atoms with Crippen LogP contribution in [-0.2, 0) is 6.54 Å². The first-order chi connectivity index (χ1) is 18.9. The van der Waals surface area contributed by atoms with Gasteiger partial charge in [-0.1, -0.05) is 48.5 Å². The van der Waals surface area contributed by atoms with E-state index in [4.69, 9.17) is 11.6 Å². The van der Waals surface area contributed by atoms with Crippen LogP contribution in [0.3, 0.4) is 0 Å². The quantitative estimate of drug-likeness (QED) is 0.292. The summed E-state index contributed by atoms with van der Waals surface area (Å²) in [7, 11) is 0. The van der Waals surface area contributed by atoms with Crippen molar-refractivity contribution in [2.45, 2.75) is 56.4 Å². The van der Waals surface area contributed by atoms with Crippen molar-refractivity contribution in [2.75, 3.05) is 30.5 Å². The number of nitrogens with zero attached hydrogens (tertiary/aromatic N) is 5. The van der Waals surface area contributed by atoms with Crippen LogP contribution in [0.25, 0.3) is 0 Å². The summed E-state index contributed by atoms with van der Waals surface area (Å²) in [5, 5.41) is 8.87. The summed E-state index contributed by atoms with van der Waals surface area (Å²) in [6.45, 7) is 9.58. The van der Waals surface area contributed by atoms with Gasteiger partial charge in [-0.3, -0.25) is 4.90 Å². The van der Waals surface area contributed by atoms with Crippen LogP contribution in [0.2, 0.25) is 5.02 Å². The normalized spacial score (nSPS) is 20.7. The Balaban J connectivity index is 1.06. The standard InChI is InChI=1S/C30H34ClF2N5S/c1-20(22-9-10-22)37-18-26(19-37)36-13-11-27(12-14-36)39-38(25-4-2-3-24(31)15-25)17-21-5-7-23(8-6-21)28-16-29(30(32)33)35-34-28/h2-8,15,22,26-27,30H,1,9-14,16-19H2. The second-order valence-electron chi connectivity index (χ2n) is 11.0. The van der Waals surface area contributed by atoms with E-state index in [2.05, 4.69) is 49.1 Å². The Morgan fingerprint density at radius 1 is 1.05 bits per heavy atom. The maximum absolute atomic E-state index is 12.9. The number of halogens is 3. The molecule has 1 aliphatic carbocycles. The number of allylic oxidation sites excluding steroid dienone is 1. The van der Waals surface area contributed by atoms with Crippen molar-refractivity contribution in [3.8, 4) is 0 Å². The largest absolute Gasteiger partial charge is 0.372 e. The molecule has 206 valence electrons. The highest BCUT2D eigenvalue weighted by Crippen LogP contribution is 2.40. The number of rotatable bonds is 10. The molecule has 2 saturated heterocycles. The zero-order valence-electron chi connectivity index (χ0n) is 22.0. The molecule has 3 fully saturated rings. The van der Waals surface area contributed by atoms with Gasteiger partial charge in [0.15, 0.2) is 0 Å². The summed E-state index contributed by atoms with van der Waals surface area (Å²) in [6.07, 6.45) is 2.51. The molecule has 0 bridgehead atoms. The first-order valence-corrected chi connectivity index (χ1v) is 15.0. The minimum absolute atomic E-state index is 0.106. The molecule has 0 radical (unpaired) electrons. The van der Waals surface area contributed by atoms with Crippen molar-refractivity contribution in [2.24, 2.45) is 16.1 Å². The van der Waals surface area contributed by atoms with Crippen molar-refractivity contribution in [3.63, 3.8) is 0 Å². The molecule has 0 N–H and O–H groups in total. The smallest absolute Gasteiger partial charge is 0.278 e. The van der Waals surface area contributed by atoms with E-state index >= 15 is 0 Å². The number of hydrogen-bond acceptors (Lipinski definition) is 6. The molecule has 5 nitrogen and oxygen atoms in total. The van der Waals surface area contributed by atoms with E-state index in [-0.39, 0.29) is 12.1 Å². The molecule has 3 heterocycles. The van der Waals surface area contributed by atoms with E-state index in [0.717, 1.165) is 73.3 Å². The topological polar surface area (TPSA) is 34.4 Å². The van der Waals surface area contributed by atoms with Crippen LogP contribution in [-0.4, -0.2) is 65.1 Å². The summed E-state index contributed by atoms with van der Waals surface area (Å²) >= 11 is 8.28. The Hall–Kier alpha value is -2.42. The predicted molar refractivity (Wildman–Crippen MR) is 158 cm³/mol. The maximum atomic E-state index is 12.9. The molecule has 6 rings (SSSR count). The van der Waals surface area contributed by atoms with E-state index in [9.17, 15) is 8.78 Å². The third-order valence-corrected chi connectivity index (χ3v) is 9.79. The number of likely N-dealkylation sites (tertiary alicyclic amines) is 2. The fraction of sp³-hybridized carbons (Fsp3) is 0.467. The van der Waals surface area contributed by atoms with Crippen LogP contribution in [0.4, 0.5) is 14.5 Å². The fourth-order valence-electron chi connectivity index (χ4n) is 5.56. The molecule has 0 amide bonds. The number of anilines is 1. The average Bonchev–Trinajstić information content (AvgIpc) is 3.64. The van der Waals surface area contributed by atoms with Crippen molar-refractivity contribution in [1.29, 1.82) is 0 Å². The van der Waals surface area contributed by atoms with Gasteiger partial charge in [-0.05, 0) is 86.0 Å². The van der Waals surface area contributed by atoms with Gasteiger partial charge in [-0.25, -0.2) is 8.78 Å². The van der Waals surface area contributed by atoms with Crippen LogP contribution in [0, 0.1) is 5.92 Å². The summed E-state index contributed by atoms with van der Waals surface area (Å²) in [5.74, 6) is 0.755. The van der Waals surface area contributed by atoms with Gasteiger partial charge in [0.2, 0.25) is 0 Å². The summed E-state index contributed by atoms with van der Waals surface area (Å²) in [6, 6.07) is 16.7. The highest BCUT2D eigenvalue weighted by atomic mass is 35.5. The van der Waals surface area contributed by atoms with Gasteiger partial charge in [0.25, 0.3) is 6.43 Å².